The zero-order valence-corrected chi connectivity index (χ0v) is 23.7. The number of ether oxygens (including phenoxy) is 2. The first-order valence-corrected chi connectivity index (χ1v) is 13.5. The number of carbonyl (C=O) groups is 4. The highest BCUT2D eigenvalue weighted by molar-refractivity contribution is 5.98. The van der Waals surface area contributed by atoms with Crippen molar-refractivity contribution in [2.24, 2.45) is 10.8 Å². The Morgan fingerprint density at radius 2 is 1.03 bits per heavy atom. The van der Waals surface area contributed by atoms with Gasteiger partial charge in [0, 0.05) is 12.8 Å². The van der Waals surface area contributed by atoms with Gasteiger partial charge in [0.05, 0.1) is 12.8 Å². The number of Topliss-reactive ketones (excluding diaryl/α,β-unsaturated/α-hetero) is 2. The van der Waals surface area contributed by atoms with Crippen molar-refractivity contribution in [2.45, 2.75) is 132 Å². The van der Waals surface area contributed by atoms with Gasteiger partial charge in [-0.15, -0.1) is 0 Å². The average molecular weight is 503 g/mol. The van der Waals surface area contributed by atoms with E-state index in [0.29, 0.717) is 0 Å². The molecule has 2 aliphatic rings. The Bertz CT molecular complexity index is 857. The second kappa shape index (κ2) is 12.3. The molecule has 0 aromatic carbocycles. The number of hydrogen-bond acceptors (Lipinski definition) is 6. The first-order valence-electron chi connectivity index (χ1n) is 13.5. The molecule has 2 aliphatic carbocycles. The molecule has 36 heavy (non-hydrogen) atoms. The summed E-state index contributed by atoms with van der Waals surface area (Å²) in [6, 6.07) is 0. The largest absolute Gasteiger partial charge is 0.462 e. The number of hydrogen-bond donors (Lipinski definition) is 0. The Hall–Kier alpha value is -2.24. The third-order valence-electron chi connectivity index (χ3n) is 7.62. The lowest BCUT2D eigenvalue weighted by Gasteiger charge is -2.34. The first kappa shape index (κ1) is 30.0. The van der Waals surface area contributed by atoms with Gasteiger partial charge < -0.3 is 9.47 Å². The molecule has 2 rings (SSSR count). The summed E-state index contributed by atoms with van der Waals surface area (Å²) in [5.74, 6) is -1.01. The molecule has 0 N–H and O–H groups in total. The third-order valence-corrected chi connectivity index (χ3v) is 7.62. The highest BCUT2D eigenvalue weighted by Crippen LogP contribution is 2.42. The predicted octanol–water partition coefficient (Wildman–Crippen LogP) is 6.60. The molecule has 6 heteroatoms. The van der Waals surface area contributed by atoms with E-state index in [2.05, 4.69) is 27.7 Å². The van der Waals surface area contributed by atoms with Crippen LogP contribution in [-0.2, 0) is 28.7 Å². The maximum absolute atomic E-state index is 12.9. The topological polar surface area (TPSA) is 86.7 Å². The molecule has 0 radical (unpaired) electrons. The number of allylic oxidation sites excluding steroid dienone is 4. The third kappa shape index (κ3) is 8.14. The van der Waals surface area contributed by atoms with Crippen molar-refractivity contribution in [2.75, 3.05) is 0 Å². The highest BCUT2D eigenvalue weighted by Gasteiger charge is 2.35. The summed E-state index contributed by atoms with van der Waals surface area (Å²) in [7, 11) is 0. The van der Waals surface area contributed by atoms with E-state index in [1.807, 2.05) is 13.8 Å². The fraction of sp³-hybridized carbons (Fsp3) is 0.733. The first-order chi connectivity index (χ1) is 16.6. The molecule has 0 saturated heterocycles. The van der Waals surface area contributed by atoms with Crippen molar-refractivity contribution in [1.29, 1.82) is 0 Å². The average Bonchev–Trinajstić information content (AvgIpc) is 2.70. The van der Waals surface area contributed by atoms with Gasteiger partial charge in [0.15, 0.2) is 11.6 Å². The molecule has 0 aromatic rings. The van der Waals surface area contributed by atoms with Gasteiger partial charge in [-0.1, -0.05) is 38.8 Å². The molecule has 0 aromatic heterocycles. The number of rotatable bonds is 11. The zero-order valence-electron chi connectivity index (χ0n) is 23.7. The number of ketones is 2. The van der Waals surface area contributed by atoms with Gasteiger partial charge in [-0.05, 0) is 88.2 Å². The molecule has 0 heterocycles. The van der Waals surface area contributed by atoms with Crippen LogP contribution in [0.15, 0.2) is 22.3 Å². The van der Waals surface area contributed by atoms with Crippen LogP contribution in [0, 0.1) is 10.8 Å². The quantitative estimate of drug-likeness (QED) is 0.296. The van der Waals surface area contributed by atoms with Crippen LogP contribution in [0.1, 0.15) is 120 Å². The van der Waals surface area contributed by atoms with Crippen LogP contribution >= 0.6 is 0 Å². The minimum absolute atomic E-state index is 0.0295. The summed E-state index contributed by atoms with van der Waals surface area (Å²) in [4.78, 5) is 50.4. The molecule has 0 bridgehead atoms. The Morgan fingerprint density at radius 1 is 0.694 bits per heavy atom. The van der Waals surface area contributed by atoms with Gasteiger partial charge >= 0.3 is 11.9 Å². The summed E-state index contributed by atoms with van der Waals surface area (Å²) in [6.45, 7) is 15.8. The molecule has 0 amide bonds. The highest BCUT2D eigenvalue weighted by atomic mass is 16.5. The lowest BCUT2D eigenvalue weighted by atomic mass is 9.70. The van der Waals surface area contributed by atoms with Gasteiger partial charge in [-0.3, -0.25) is 19.2 Å². The van der Waals surface area contributed by atoms with Gasteiger partial charge in [0.2, 0.25) is 0 Å². The smallest absolute Gasteiger partial charge is 0.306 e. The van der Waals surface area contributed by atoms with Crippen molar-refractivity contribution in [3.8, 4) is 0 Å². The number of esters is 2. The van der Waals surface area contributed by atoms with Crippen LogP contribution in [0.2, 0.25) is 0 Å². The summed E-state index contributed by atoms with van der Waals surface area (Å²) >= 11 is 0. The lowest BCUT2D eigenvalue weighted by Crippen LogP contribution is -2.29. The lowest BCUT2D eigenvalue weighted by molar-refractivity contribution is -0.156. The molecule has 0 fully saturated rings. The van der Waals surface area contributed by atoms with Crippen LogP contribution in [-0.4, -0.2) is 35.7 Å². The normalized spacial score (nSPS) is 21.0. The van der Waals surface area contributed by atoms with E-state index in [0.717, 1.165) is 60.8 Å². The summed E-state index contributed by atoms with van der Waals surface area (Å²) in [5, 5.41) is 0. The molecule has 2 unspecified atom stereocenters. The van der Waals surface area contributed by atoms with Crippen LogP contribution in [0.3, 0.4) is 0 Å². The fourth-order valence-corrected chi connectivity index (χ4v) is 6.06. The molecule has 0 saturated carbocycles. The zero-order chi connectivity index (χ0) is 27.3. The van der Waals surface area contributed by atoms with Gasteiger partial charge in [-0.25, -0.2) is 0 Å². The molecule has 2 atom stereocenters. The maximum atomic E-state index is 12.9. The summed E-state index contributed by atoms with van der Waals surface area (Å²) in [6.07, 6.45) is 4.87. The SMILES string of the molecule is CC1=C(C(=O)CC(C)OC(=O)CCC(=O)OC(C)CC(=O)C2=C(C)CCCC2(C)C)C(C)(C)CCC1. The van der Waals surface area contributed by atoms with E-state index in [9.17, 15) is 19.2 Å². The predicted molar refractivity (Wildman–Crippen MR) is 140 cm³/mol. The molecule has 0 spiro atoms. The van der Waals surface area contributed by atoms with E-state index in [1.54, 1.807) is 13.8 Å². The summed E-state index contributed by atoms with van der Waals surface area (Å²) in [5.41, 5.74) is 3.67. The second-order valence-corrected chi connectivity index (χ2v) is 12.1. The Kier molecular flexibility index (Phi) is 10.3. The minimum atomic E-state index is -0.564. The van der Waals surface area contributed by atoms with Gasteiger partial charge in [0.1, 0.15) is 12.2 Å². The van der Waals surface area contributed by atoms with Crippen molar-refractivity contribution in [1.82, 2.24) is 0 Å². The van der Waals surface area contributed by atoms with Crippen molar-refractivity contribution in [3.63, 3.8) is 0 Å². The van der Waals surface area contributed by atoms with Crippen molar-refractivity contribution < 1.29 is 28.7 Å². The molecule has 0 aliphatic heterocycles. The second-order valence-electron chi connectivity index (χ2n) is 12.1. The molecular formula is C30H46O6. The summed E-state index contributed by atoms with van der Waals surface area (Å²) < 4.78 is 10.8. The Balaban J connectivity index is 1.78. The van der Waals surface area contributed by atoms with Crippen LogP contribution in [0.5, 0.6) is 0 Å². The monoisotopic (exact) mass is 502 g/mol. The van der Waals surface area contributed by atoms with Gasteiger partial charge in [-0.2, -0.15) is 0 Å². The van der Waals surface area contributed by atoms with E-state index in [-0.39, 0.29) is 48.1 Å². The molecular weight excluding hydrogens is 456 g/mol. The van der Waals surface area contributed by atoms with Crippen molar-refractivity contribution in [3.05, 3.63) is 22.3 Å². The minimum Gasteiger partial charge on any atom is -0.462 e. The van der Waals surface area contributed by atoms with Crippen LogP contribution in [0.25, 0.3) is 0 Å². The van der Waals surface area contributed by atoms with Gasteiger partial charge in [0.25, 0.3) is 0 Å². The molecule has 202 valence electrons. The Morgan fingerprint density at radius 3 is 1.33 bits per heavy atom. The van der Waals surface area contributed by atoms with E-state index >= 15 is 0 Å². The fourth-order valence-electron chi connectivity index (χ4n) is 6.06. The molecule has 6 nitrogen and oxygen atoms in total. The Labute approximate surface area is 217 Å². The van der Waals surface area contributed by atoms with E-state index in [1.165, 1.54) is 0 Å². The maximum Gasteiger partial charge on any atom is 0.306 e. The van der Waals surface area contributed by atoms with Crippen molar-refractivity contribution >= 4 is 23.5 Å². The number of carbonyl (C=O) groups excluding carboxylic acids is 4. The van der Waals surface area contributed by atoms with Crippen LogP contribution < -0.4 is 0 Å². The standard InChI is InChI=1S/C30H46O6/c1-19-11-9-15-29(5,6)27(19)23(31)17-21(3)35-25(33)13-14-26(34)36-22(4)18-24(32)28-20(2)12-10-16-30(28,7)8/h21-22H,9-18H2,1-8H3. The van der Waals surface area contributed by atoms with Crippen LogP contribution in [0.4, 0.5) is 0 Å². The van der Waals surface area contributed by atoms with E-state index in [4.69, 9.17) is 9.47 Å². The van der Waals surface area contributed by atoms with E-state index < -0.39 is 24.1 Å².